The summed E-state index contributed by atoms with van der Waals surface area (Å²) >= 11 is 7.00. The first-order valence-corrected chi connectivity index (χ1v) is 7.50. The van der Waals surface area contributed by atoms with Crippen LogP contribution < -0.4 is 10.1 Å². The number of thiazole rings is 1. The molecule has 0 fully saturated rings. The lowest BCUT2D eigenvalue weighted by molar-refractivity contribution is 0.0701. The Hall–Kier alpha value is -1.79. The van der Waals surface area contributed by atoms with Gasteiger partial charge in [0.1, 0.15) is 17.2 Å². The van der Waals surface area contributed by atoms with Crippen LogP contribution in [0, 0.1) is 13.8 Å². The van der Waals surface area contributed by atoms with E-state index < -0.39 is 5.97 Å². The number of carboxylic acids is 1. The predicted octanol–water partition coefficient (Wildman–Crippen LogP) is 3.60. The predicted molar refractivity (Wildman–Crippen MR) is 84.0 cm³/mol. The van der Waals surface area contributed by atoms with E-state index in [1.165, 1.54) is 0 Å². The lowest BCUT2D eigenvalue weighted by Gasteiger charge is -2.09. The molecule has 0 atom stereocenters. The van der Waals surface area contributed by atoms with Crippen LogP contribution >= 0.6 is 22.9 Å². The zero-order valence-electron chi connectivity index (χ0n) is 11.6. The Bertz CT molecular complexity index is 658. The number of rotatable bonds is 6. The fourth-order valence-corrected chi connectivity index (χ4v) is 2.82. The van der Waals surface area contributed by atoms with Crippen LogP contribution in [0.25, 0.3) is 0 Å². The van der Waals surface area contributed by atoms with Crippen molar-refractivity contribution in [3.8, 4) is 5.75 Å². The van der Waals surface area contributed by atoms with Crippen LogP contribution in [0.3, 0.4) is 0 Å². The molecule has 1 aromatic carbocycles. The van der Waals surface area contributed by atoms with Gasteiger partial charge in [0, 0.05) is 5.02 Å². The Morgan fingerprint density at radius 3 is 2.86 bits per heavy atom. The van der Waals surface area contributed by atoms with Gasteiger partial charge in [0.25, 0.3) is 0 Å². The Balaban J connectivity index is 1.84. The molecule has 2 N–H and O–H groups in total. The molecule has 0 amide bonds. The van der Waals surface area contributed by atoms with Crippen molar-refractivity contribution in [1.29, 1.82) is 0 Å². The molecule has 21 heavy (non-hydrogen) atoms. The largest absolute Gasteiger partial charge is 0.491 e. The maximum Gasteiger partial charge on any atom is 0.347 e. The number of aryl methyl sites for hydroxylation is 2. The number of hydrogen-bond donors (Lipinski definition) is 2. The van der Waals surface area contributed by atoms with E-state index in [1.807, 2.05) is 19.1 Å². The number of halogens is 1. The van der Waals surface area contributed by atoms with Crippen molar-refractivity contribution in [3.05, 3.63) is 39.4 Å². The van der Waals surface area contributed by atoms with Crippen molar-refractivity contribution in [2.24, 2.45) is 0 Å². The summed E-state index contributed by atoms with van der Waals surface area (Å²) in [6.07, 6.45) is 0. The van der Waals surface area contributed by atoms with Gasteiger partial charge in [-0.3, -0.25) is 0 Å². The van der Waals surface area contributed by atoms with Crippen molar-refractivity contribution in [2.75, 3.05) is 18.5 Å². The number of carboxylic acid groups (broad SMARTS) is 1. The molecule has 7 heteroatoms. The van der Waals surface area contributed by atoms with E-state index >= 15 is 0 Å². The van der Waals surface area contributed by atoms with Gasteiger partial charge >= 0.3 is 5.97 Å². The molecule has 0 aliphatic carbocycles. The average Bonchev–Trinajstić information content (AvgIpc) is 2.78. The van der Waals surface area contributed by atoms with Gasteiger partial charge in [-0.1, -0.05) is 22.9 Å². The van der Waals surface area contributed by atoms with Crippen LogP contribution in [0.5, 0.6) is 5.75 Å². The lowest BCUT2D eigenvalue weighted by atomic mass is 10.2. The molecule has 5 nitrogen and oxygen atoms in total. The minimum absolute atomic E-state index is 0.256. The highest BCUT2D eigenvalue weighted by atomic mass is 35.5. The van der Waals surface area contributed by atoms with Crippen molar-refractivity contribution in [3.63, 3.8) is 0 Å². The molecule has 1 aromatic heterocycles. The van der Waals surface area contributed by atoms with Crippen molar-refractivity contribution < 1.29 is 14.6 Å². The fourth-order valence-electron chi connectivity index (χ4n) is 1.76. The highest BCUT2D eigenvalue weighted by Crippen LogP contribution is 2.23. The molecular formula is C14H15ClN2O3S. The Kier molecular flexibility index (Phi) is 5.03. The number of hydrogen-bond acceptors (Lipinski definition) is 5. The number of nitrogens with zero attached hydrogens (tertiary/aromatic N) is 1. The van der Waals surface area contributed by atoms with Gasteiger partial charge in [0.05, 0.1) is 12.2 Å². The molecule has 0 aliphatic heterocycles. The van der Waals surface area contributed by atoms with Crippen LogP contribution in [0.1, 0.15) is 20.9 Å². The molecule has 112 valence electrons. The van der Waals surface area contributed by atoms with Crippen molar-refractivity contribution in [2.45, 2.75) is 13.8 Å². The Morgan fingerprint density at radius 1 is 1.48 bits per heavy atom. The molecule has 0 saturated heterocycles. The van der Waals surface area contributed by atoms with E-state index in [9.17, 15) is 4.79 Å². The molecule has 0 radical (unpaired) electrons. The van der Waals surface area contributed by atoms with Gasteiger partial charge < -0.3 is 15.2 Å². The Labute approximate surface area is 131 Å². The third-order valence-electron chi connectivity index (χ3n) is 2.76. The standard InChI is InChI=1S/C14H15ClN2O3S/c1-8-7-10(15)3-4-11(8)20-6-5-16-14-17-9(2)12(21-14)13(18)19/h3-4,7H,5-6H2,1-2H3,(H,16,17)(H,18,19). The van der Waals surface area contributed by atoms with Crippen molar-refractivity contribution >= 4 is 34.0 Å². The fraction of sp³-hybridized carbons (Fsp3) is 0.286. The van der Waals surface area contributed by atoms with Gasteiger partial charge in [-0.05, 0) is 37.6 Å². The van der Waals surface area contributed by atoms with E-state index in [4.69, 9.17) is 21.4 Å². The summed E-state index contributed by atoms with van der Waals surface area (Å²) in [6.45, 7) is 4.59. The van der Waals surface area contributed by atoms with E-state index in [0.29, 0.717) is 29.0 Å². The number of aromatic nitrogens is 1. The summed E-state index contributed by atoms with van der Waals surface area (Å²) in [5.41, 5.74) is 1.49. The summed E-state index contributed by atoms with van der Waals surface area (Å²) < 4.78 is 5.64. The molecule has 0 saturated carbocycles. The first kappa shape index (κ1) is 15.6. The first-order chi connectivity index (χ1) is 9.97. The van der Waals surface area contributed by atoms with Crippen LogP contribution in [-0.4, -0.2) is 29.2 Å². The van der Waals surface area contributed by atoms with Gasteiger partial charge in [-0.2, -0.15) is 0 Å². The summed E-state index contributed by atoms with van der Waals surface area (Å²) in [4.78, 5) is 15.3. The quantitative estimate of drug-likeness (QED) is 0.793. The van der Waals surface area contributed by atoms with Crippen LogP contribution in [0.4, 0.5) is 5.13 Å². The maximum absolute atomic E-state index is 10.9. The maximum atomic E-state index is 10.9. The molecule has 0 aliphatic rings. The number of benzene rings is 1. The second-order valence-corrected chi connectivity index (χ2v) is 5.86. The number of carbonyl (C=O) groups is 1. The topological polar surface area (TPSA) is 71.5 Å². The van der Waals surface area contributed by atoms with E-state index in [0.717, 1.165) is 22.6 Å². The molecule has 2 aromatic rings. The lowest BCUT2D eigenvalue weighted by Crippen LogP contribution is -2.11. The van der Waals surface area contributed by atoms with Crippen LogP contribution in [-0.2, 0) is 0 Å². The number of nitrogens with one attached hydrogen (secondary N) is 1. The van der Waals surface area contributed by atoms with Gasteiger partial charge in [-0.25, -0.2) is 9.78 Å². The third kappa shape index (κ3) is 4.09. The highest BCUT2D eigenvalue weighted by molar-refractivity contribution is 7.17. The minimum Gasteiger partial charge on any atom is -0.491 e. The molecule has 1 heterocycles. The van der Waals surface area contributed by atoms with Crippen LogP contribution in [0.15, 0.2) is 18.2 Å². The summed E-state index contributed by atoms with van der Waals surface area (Å²) in [7, 11) is 0. The van der Waals surface area contributed by atoms with E-state index in [-0.39, 0.29) is 4.88 Å². The zero-order valence-corrected chi connectivity index (χ0v) is 13.2. The first-order valence-electron chi connectivity index (χ1n) is 6.31. The second-order valence-electron chi connectivity index (χ2n) is 4.42. The second kappa shape index (κ2) is 6.78. The monoisotopic (exact) mass is 326 g/mol. The summed E-state index contributed by atoms with van der Waals surface area (Å²) in [6, 6.07) is 5.45. The number of ether oxygens (including phenoxy) is 1. The smallest absolute Gasteiger partial charge is 0.347 e. The molecule has 0 unspecified atom stereocenters. The SMILES string of the molecule is Cc1cc(Cl)ccc1OCCNc1nc(C)c(C(=O)O)s1. The van der Waals surface area contributed by atoms with E-state index in [1.54, 1.807) is 13.0 Å². The third-order valence-corrected chi connectivity index (χ3v) is 4.10. The number of aromatic carboxylic acids is 1. The van der Waals surface area contributed by atoms with E-state index in [2.05, 4.69) is 10.3 Å². The minimum atomic E-state index is -0.953. The highest BCUT2D eigenvalue weighted by Gasteiger charge is 2.13. The molecule has 0 spiro atoms. The zero-order chi connectivity index (χ0) is 15.4. The van der Waals surface area contributed by atoms with Crippen LogP contribution in [0.2, 0.25) is 5.02 Å². The molecule has 0 bridgehead atoms. The van der Waals surface area contributed by atoms with Gasteiger partial charge in [0.2, 0.25) is 0 Å². The average molecular weight is 327 g/mol. The Morgan fingerprint density at radius 2 is 2.24 bits per heavy atom. The van der Waals surface area contributed by atoms with Gasteiger partial charge in [0.15, 0.2) is 5.13 Å². The normalized spacial score (nSPS) is 10.4. The van der Waals surface area contributed by atoms with Gasteiger partial charge in [-0.15, -0.1) is 0 Å². The number of anilines is 1. The summed E-state index contributed by atoms with van der Waals surface area (Å²) in [5, 5.41) is 13.3. The molecule has 2 rings (SSSR count). The van der Waals surface area contributed by atoms with Crippen molar-refractivity contribution in [1.82, 2.24) is 4.98 Å². The molecular weight excluding hydrogens is 312 g/mol. The summed E-state index contributed by atoms with van der Waals surface area (Å²) in [5.74, 6) is -0.172.